The van der Waals surface area contributed by atoms with Crippen LogP contribution in [0, 0.1) is 11.3 Å². The SMILES string of the molecule is CCC(=O)c1ccccc1-c1ccccc1C#N. The Morgan fingerprint density at radius 3 is 2.33 bits per heavy atom. The highest BCUT2D eigenvalue weighted by Gasteiger charge is 2.12. The molecule has 0 aliphatic rings. The maximum atomic E-state index is 11.9. The summed E-state index contributed by atoms with van der Waals surface area (Å²) in [7, 11) is 0. The highest BCUT2D eigenvalue weighted by atomic mass is 16.1. The molecule has 88 valence electrons. The zero-order valence-corrected chi connectivity index (χ0v) is 10.2. The van der Waals surface area contributed by atoms with E-state index in [1.54, 1.807) is 6.07 Å². The van der Waals surface area contributed by atoms with E-state index in [0.717, 1.165) is 11.1 Å². The number of hydrogen-bond acceptors (Lipinski definition) is 2. The minimum atomic E-state index is 0.0957. The molecule has 0 radical (unpaired) electrons. The second-order valence-electron chi connectivity index (χ2n) is 3.98. The van der Waals surface area contributed by atoms with Gasteiger partial charge in [-0.3, -0.25) is 4.79 Å². The third-order valence-electron chi connectivity index (χ3n) is 2.89. The van der Waals surface area contributed by atoms with Crippen molar-refractivity contribution in [2.45, 2.75) is 13.3 Å². The average molecular weight is 235 g/mol. The zero-order valence-electron chi connectivity index (χ0n) is 10.2. The van der Waals surface area contributed by atoms with Gasteiger partial charge < -0.3 is 0 Å². The van der Waals surface area contributed by atoms with Gasteiger partial charge in [0.15, 0.2) is 5.78 Å². The van der Waals surface area contributed by atoms with Crippen molar-refractivity contribution >= 4 is 5.78 Å². The molecule has 2 heteroatoms. The summed E-state index contributed by atoms with van der Waals surface area (Å²) in [5.74, 6) is 0.0957. The lowest BCUT2D eigenvalue weighted by molar-refractivity contribution is 0.0989. The summed E-state index contributed by atoms with van der Waals surface area (Å²) >= 11 is 0. The molecule has 0 fully saturated rings. The Labute approximate surface area is 107 Å². The van der Waals surface area contributed by atoms with Crippen LogP contribution in [0.4, 0.5) is 0 Å². The van der Waals surface area contributed by atoms with Gasteiger partial charge in [0.05, 0.1) is 11.6 Å². The van der Waals surface area contributed by atoms with E-state index >= 15 is 0 Å². The van der Waals surface area contributed by atoms with E-state index in [1.807, 2.05) is 49.4 Å². The summed E-state index contributed by atoms with van der Waals surface area (Å²) in [6.07, 6.45) is 0.464. The van der Waals surface area contributed by atoms with Gasteiger partial charge in [-0.15, -0.1) is 0 Å². The van der Waals surface area contributed by atoms with E-state index < -0.39 is 0 Å². The van der Waals surface area contributed by atoms with Gasteiger partial charge in [-0.1, -0.05) is 49.4 Å². The van der Waals surface area contributed by atoms with Crippen LogP contribution in [0.2, 0.25) is 0 Å². The fraction of sp³-hybridized carbons (Fsp3) is 0.125. The Bertz CT molecular complexity index is 623. The van der Waals surface area contributed by atoms with Gasteiger partial charge in [-0.2, -0.15) is 5.26 Å². The van der Waals surface area contributed by atoms with E-state index in [2.05, 4.69) is 6.07 Å². The quantitative estimate of drug-likeness (QED) is 0.759. The zero-order chi connectivity index (χ0) is 13.0. The minimum absolute atomic E-state index is 0.0957. The Morgan fingerprint density at radius 1 is 1.06 bits per heavy atom. The molecule has 0 heterocycles. The first-order valence-corrected chi connectivity index (χ1v) is 5.89. The molecule has 2 nitrogen and oxygen atoms in total. The number of ketones is 1. The van der Waals surface area contributed by atoms with Crippen LogP contribution in [-0.4, -0.2) is 5.78 Å². The summed E-state index contributed by atoms with van der Waals surface area (Å²) in [5.41, 5.74) is 2.93. The Hall–Kier alpha value is -2.40. The molecule has 18 heavy (non-hydrogen) atoms. The van der Waals surface area contributed by atoms with Crippen molar-refractivity contribution in [1.29, 1.82) is 5.26 Å². The minimum Gasteiger partial charge on any atom is -0.294 e. The highest BCUT2D eigenvalue weighted by molar-refractivity contribution is 6.02. The molecular weight excluding hydrogens is 222 g/mol. The van der Waals surface area contributed by atoms with Crippen molar-refractivity contribution in [3.05, 3.63) is 59.7 Å². The van der Waals surface area contributed by atoms with E-state index in [9.17, 15) is 4.79 Å². The van der Waals surface area contributed by atoms with E-state index in [1.165, 1.54) is 0 Å². The van der Waals surface area contributed by atoms with Crippen LogP contribution in [0.3, 0.4) is 0 Å². The lowest BCUT2D eigenvalue weighted by Gasteiger charge is -2.09. The summed E-state index contributed by atoms with van der Waals surface area (Å²) < 4.78 is 0. The van der Waals surface area contributed by atoms with Gasteiger partial charge in [-0.25, -0.2) is 0 Å². The van der Waals surface area contributed by atoms with Crippen LogP contribution < -0.4 is 0 Å². The number of Topliss-reactive ketones (excluding diaryl/α,β-unsaturated/α-hetero) is 1. The van der Waals surface area contributed by atoms with Crippen LogP contribution in [0.15, 0.2) is 48.5 Å². The first-order valence-electron chi connectivity index (χ1n) is 5.89. The van der Waals surface area contributed by atoms with Crippen molar-refractivity contribution in [2.75, 3.05) is 0 Å². The maximum absolute atomic E-state index is 11.9. The summed E-state index contributed by atoms with van der Waals surface area (Å²) in [6, 6.07) is 16.9. The van der Waals surface area contributed by atoms with Crippen LogP contribution in [0.5, 0.6) is 0 Å². The second-order valence-corrected chi connectivity index (χ2v) is 3.98. The van der Waals surface area contributed by atoms with Gasteiger partial charge in [0, 0.05) is 17.5 Å². The van der Waals surface area contributed by atoms with Crippen molar-refractivity contribution < 1.29 is 4.79 Å². The normalized spacial score (nSPS) is 9.78. The number of nitrogens with zero attached hydrogens (tertiary/aromatic N) is 1. The number of carbonyl (C=O) groups is 1. The molecule has 0 aliphatic carbocycles. The molecule has 2 aromatic rings. The highest BCUT2D eigenvalue weighted by Crippen LogP contribution is 2.27. The van der Waals surface area contributed by atoms with Crippen molar-refractivity contribution in [1.82, 2.24) is 0 Å². The topological polar surface area (TPSA) is 40.9 Å². The van der Waals surface area contributed by atoms with Crippen molar-refractivity contribution in [3.8, 4) is 17.2 Å². The second kappa shape index (κ2) is 5.29. The summed E-state index contributed by atoms with van der Waals surface area (Å²) in [6.45, 7) is 1.84. The molecule has 0 spiro atoms. The monoisotopic (exact) mass is 235 g/mol. The van der Waals surface area contributed by atoms with Crippen LogP contribution >= 0.6 is 0 Å². The molecule has 0 amide bonds. The van der Waals surface area contributed by atoms with Gasteiger partial charge in [0.1, 0.15) is 0 Å². The van der Waals surface area contributed by atoms with Gasteiger partial charge in [-0.05, 0) is 11.6 Å². The predicted molar refractivity (Wildman–Crippen MR) is 71.2 cm³/mol. The third-order valence-corrected chi connectivity index (χ3v) is 2.89. The van der Waals surface area contributed by atoms with E-state index in [0.29, 0.717) is 17.5 Å². The molecule has 0 unspecified atom stereocenters. The standard InChI is InChI=1S/C16H13NO/c1-2-16(18)15-10-6-5-9-14(15)13-8-4-3-7-12(13)11-17/h3-10H,2H2,1H3. The number of rotatable bonds is 3. The third kappa shape index (κ3) is 2.16. The van der Waals surface area contributed by atoms with Crippen molar-refractivity contribution in [2.24, 2.45) is 0 Å². The molecular formula is C16H13NO. The Kier molecular flexibility index (Phi) is 3.54. The molecule has 0 saturated carbocycles. The fourth-order valence-electron chi connectivity index (χ4n) is 1.97. The Morgan fingerprint density at radius 2 is 1.67 bits per heavy atom. The predicted octanol–water partition coefficient (Wildman–Crippen LogP) is 3.82. The molecule has 2 rings (SSSR count). The molecule has 0 atom stereocenters. The van der Waals surface area contributed by atoms with Gasteiger partial charge in [0.2, 0.25) is 0 Å². The lowest BCUT2D eigenvalue weighted by atomic mass is 9.93. The first-order chi connectivity index (χ1) is 8.77. The number of hydrogen-bond donors (Lipinski definition) is 0. The number of benzene rings is 2. The molecule has 0 N–H and O–H groups in total. The molecule has 0 aromatic heterocycles. The summed E-state index contributed by atoms with van der Waals surface area (Å²) in [5, 5.41) is 9.13. The summed E-state index contributed by atoms with van der Waals surface area (Å²) in [4.78, 5) is 11.9. The first kappa shape index (κ1) is 12.1. The molecule has 0 aliphatic heterocycles. The molecule has 0 saturated heterocycles. The largest absolute Gasteiger partial charge is 0.294 e. The number of nitriles is 1. The molecule has 2 aromatic carbocycles. The number of carbonyl (C=O) groups excluding carboxylic acids is 1. The van der Waals surface area contributed by atoms with Crippen LogP contribution in [0.25, 0.3) is 11.1 Å². The fourth-order valence-corrected chi connectivity index (χ4v) is 1.97. The molecule has 0 bridgehead atoms. The van der Waals surface area contributed by atoms with Crippen LogP contribution in [0.1, 0.15) is 29.3 Å². The van der Waals surface area contributed by atoms with E-state index in [-0.39, 0.29) is 5.78 Å². The van der Waals surface area contributed by atoms with Gasteiger partial charge in [0.25, 0.3) is 0 Å². The van der Waals surface area contributed by atoms with E-state index in [4.69, 9.17) is 5.26 Å². The van der Waals surface area contributed by atoms with Crippen molar-refractivity contribution in [3.63, 3.8) is 0 Å². The average Bonchev–Trinajstić information content (AvgIpc) is 2.46. The lowest BCUT2D eigenvalue weighted by Crippen LogP contribution is -2.00. The van der Waals surface area contributed by atoms with Gasteiger partial charge >= 0.3 is 0 Å². The smallest absolute Gasteiger partial charge is 0.163 e. The van der Waals surface area contributed by atoms with Crippen LogP contribution in [-0.2, 0) is 0 Å². The maximum Gasteiger partial charge on any atom is 0.163 e. The Balaban J connectivity index is 2.65.